The zero-order valence-corrected chi connectivity index (χ0v) is 10.3. The van der Waals surface area contributed by atoms with E-state index in [1.807, 2.05) is 6.92 Å². The lowest BCUT2D eigenvalue weighted by molar-refractivity contribution is -0.125. The van der Waals surface area contributed by atoms with Crippen LogP contribution in [-0.2, 0) is 4.79 Å². The molecule has 1 amide bonds. The van der Waals surface area contributed by atoms with E-state index in [0.29, 0.717) is 6.42 Å². The number of aliphatic hydroxyl groups is 1. The van der Waals surface area contributed by atoms with Gasteiger partial charge in [-0.3, -0.25) is 4.79 Å². The summed E-state index contributed by atoms with van der Waals surface area (Å²) < 4.78 is 23.9. The van der Waals surface area contributed by atoms with Crippen molar-refractivity contribution < 1.29 is 18.7 Å². The molecule has 0 fully saturated rings. The summed E-state index contributed by atoms with van der Waals surface area (Å²) in [4.78, 5) is 11.4. The molecule has 4 N–H and O–H groups in total. The van der Waals surface area contributed by atoms with E-state index < -0.39 is 19.1 Å². The molecule has 17 heavy (non-hydrogen) atoms. The van der Waals surface area contributed by atoms with Gasteiger partial charge in [0, 0.05) is 18.5 Å². The highest BCUT2D eigenvalue weighted by Gasteiger charge is 2.19. The van der Waals surface area contributed by atoms with Crippen molar-refractivity contribution in [2.24, 2.45) is 11.7 Å². The Morgan fingerprint density at radius 2 is 1.94 bits per heavy atom. The van der Waals surface area contributed by atoms with Gasteiger partial charge < -0.3 is 16.2 Å². The van der Waals surface area contributed by atoms with Gasteiger partial charge >= 0.3 is 0 Å². The Labute approximate surface area is 101 Å². The molecule has 0 aliphatic heterocycles. The van der Waals surface area contributed by atoms with E-state index >= 15 is 0 Å². The monoisotopic (exact) mass is 252 g/mol. The molecule has 0 aliphatic carbocycles. The van der Waals surface area contributed by atoms with Gasteiger partial charge in [-0.15, -0.1) is 0 Å². The fourth-order valence-electron chi connectivity index (χ4n) is 1.35. The Morgan fingerprint density at radius 1 is 1.35 bits per heavy atom. The minimum atomic E-state index is -2.83. The highest BCUT2D eigenvalue weighted by Crippen LogP contribution is 2.09. The lowest BCUT2D eigenvalue weighted by Crippen LogP contribution is -2.38. The van der Waals surface area contributed by atoms with E-state index in [4.69, 9.17) is 10.8 Å². The molecular weight excluding hydrogens is 230 g/mol. The van der Waals surface area contributed by atoms with E-state index in [1.165, 1.54) is 0 Å². The molecule has 0 radical (unpaired) electrons. The summed E-state index contributed by atoms with van der Waals surface area (Å²) in [5.74, 6) is -0.562. The van der Waals surface area contributed by atoms with Gasteiger partial charge in [-0.05, 0) is 19.8 Å². The molecule has 0 aromatic carbocycles. The van der Waals surface area contributed by atoms with Crippen LogP contribution in [0.2, 0.25) is 0 Å². The Bertz CT molecular complexity index is 226. The van der Waals surface area contributed by atoms with Gasteiger partial charge in [0.2, 0.25) is 5.91 Å². The number of hydrogen-bond acceptors (Lipinski definition) is 3. The number of aliphatic hydroxyl groups excluding tert-OH is 1. The fourth-order valence-corrected chi connectivity index (χ4v) is 1.35. The number of carbonyl (C=O) groups excluding carboxylic acids is 1. The SMILES string of the molecule is CC(N)CCCC(C)C(=O)NCC(O)C(F)F. The van der Waals surface area contributed by atoms with Crippen LogP contribution < -0.4 is 11.1 Å². The van der Waals surface area contributed by atoms with Gasteiger partial charge in [0.05, 0.1) is 0 Å². The molecule has 0 aliphatic rings. The summed E-state index contributed by atoms with van der Waals surface area (Å²) in [5.41, 5.74) is 5.57. The molecule has 0 aromatic rings. The second-order valence-electron chi connectivity index (χ2n) is 4.46. The predicted octanol–water partition coefficient (Wildman–Crippen LogP) is 0.882. The van der Waals surface area contributed by atoms with Gasteiger partial charge in [-0.25, -0.2) is 8.78 Å². The first-order chi connectivity index (χ1) is 7.84. The van der Waals surface area contributed by atoms with Crippen LogP contribution >= 0.6 is 0 Å². The van der Waals surface area contributed by atoms with Crippen molar-refractivity contribution in [3.8, 4) is 0 Å². The van der Waals surface area contributed by atoms with Crippen LogP contribution in [0.4, 0.5) is 8.78 Å². The number of hydrogen-bond donors (Lipinski definition) is 3. The maximum atomic E-state index is 12.0. The van der Waals surface area contributed by atoms with E-state index in [2.05, 4.69) is 5.32 Å². The zero-order valence-electron chi connectivity index (χ0n) is 10.3. The molecular formula is C11H22F2N2O2. The van der Waals surface area contributed by atoms with Crippen LogP contribution in [0.5, 0.6) is 0 Å². The van der Waals surface area contributed by atoms with Gasteiger partial charge in [-0.2, -0.15) is 0 Å². The zero-order chi connectivity index (χ0) is 13.4. The van der Waals surface area contributed by atoms with Crippen molar-refractivity contribution in [1.82, 2.24) is 5.32 Å². The van der Waals surface area contributed by atoms with Gasteiger partial charge in [0.1, 0.15) is 6.10 Å². The molecule has 3 unspecified atom stereocenters. The third-order valence-corrected chi connectivity index (χ3v) is 2.52. The molecule has 0 bridgehead atoms. The summed E-state index contributed by atoms with van der Waals surface area (Å²) in [6, 6.07) is 0.103. The number of rotatable bonds is 8. The molecule has 6 heteroatoms. The van der Waals surface area contributed by atoms with Gasteiger partial charge in [0.25, 0.3) is 6.43 Å². The van der Waals surface area contributed by atoms with Crippen molar-refractivity contribution in [2.45, 2.75) is 51.7 Å². The van der Waals surface area contributed by atoms with Gasteiger partial charge in [-0.1, -0.05) is 13.3 Å². The summed E-state index contributed by atoms with van der Waals surface area (Å²) in [6.07, 6.45) is -2.31. The molecule has 0 saturated carbocycles. The summed E-state index contributed by atoms with van der Waals surface area (Å²) in [7, 11) is 0. The number of alkyl halides is 2. The highest BCUT2D eigenvalue weighted by atomic mass is 19.3. The Kier molecular flexibility index (Phi) is 7.99. The lowest BCUT2D eigenvalue weighted by Gasteiger charge is -2.15. The normalized spacial score (nSPS) is 16.6. The first kappa shape index (κ1) is 16.2. The fraction of sp³-hybridized carbons (Fsp3) is 0.909. The molecule has 0 spiro atoms. The first-order valence-corrected chi connectivity index (χ1v) is 5.84. The molecule has 0 heterocycles. The third-order valence-electron chi connectivity index (χ3n) is 2.52. The lowest BCUT2D eigenvalue weighted by atomic mass is 10.0. The average Bonchev–Trinajstić information content (AvgIpc) is 2.24. The molecule has 102 valence electrons. The van der Waals surface area contributed by atoms with Crippen molar-refractivity contribution in [3.05, 3.63) is 0 Å². The second-order valence-corrected chi connectivity index (χ2v) is 4.46. The Balaban J connectivity index is 3.74. The predicted molar refractivity (Wildman–Crippen MR) is 61.7 cm³/mol. The minimum Gasteiger partial charge on any atom is -0.385 e. The second kappa shape index (κ2) is 8.36. The van der Waals surface area contributed by atoms with Crippen LogP contribution in [0.25, 0.3) is 0 Å². The standard InChI is InChI=1S/C11H22F2N2O2/c1-7(4-3-5-8(2)14)11(17)15-6-9(16)10(12)13/h7-10,16H,3-6,14H2,1-2H3,(H,15,17). The number of halogens is 2. The smallest absolute Gasteiger partial charge is 0.265 e. The third kappa shape index (κ3) is 8.04. The minimum absolute atomic E-state index is 0.103. The van der Waals surface area contributed by atoms with E-state index in [9.17, 15) is 13.6 Å². The van der Waals surface area contributed by atoms with E-state index in [-0.39, 0.29) is 17.9 Å². The Hall–Kier alpha value is -0.750. The number of nitrogens with two attached hydrogens (primary N) is 1. The van der Waals surface area contributed by atoms with E-state index in [0.717, 1.165) is 12.8 Å². The van der Waals surface area contributed by atoms with Gasteiger partial charge in [0.15, 0.2) is 0 Å². The topological polar surface area (TPSA) is 75.4 Å². The van der Waals surface area contributed by atoms with Crippen LogP contribution in [0.15, 0.2) is 0 Å². The average molecular weight is 252 g/mol. The molecule has 0 saturated heterocycles. The maximum Gasteiger partial charge on any atom is 0.265 e. The van der Waals surface area contributed by atoms with Crippen molar-refractivity contribution in [1.29, 1.82) is 0 Å². The number of amides is 1. The summed E-state index contributed by atoms with van der Waals surface area (Å²) >= 11 is 0. The Morgan fingerprint density at radius 3 is 2.41 bits per heavy atom. The number of carbonyl (C=O) groups is 1. The maximum absolute atomic E-state index is 12.0. The van der Waals surface area contributed by atoms with Crippen molar-refractivity contribution in [2.75, 3.05) is 6.54 Å². The molecule has 4 nitrogen and oxygen atoms in total. The highest BCUT2D eigenvalue weighted by molar-refractivity contribution is 5.78. The largest absolute Gasteiger partial charge is 0.385 e. The summed E-state index contributed by atoms with van der Waals surface area (Å²) in [6.45, 7) is 3.21. The quantitative estimate of drug-likeness (QED) is 0.600. The van der Waals surface area contributed by atoms with Crippen molar-refractivity contribution in [3.63, 3.8) is 0 Å². The van der Waals surface area contributed by atoms with E-state index in [1.54, 1.807) is 6.92 Å². The first-order valence-electron chi connectivity index (χ1n) is 5.84. The van der Waals surface area contributed by atoms with Crippen LogP contribution in [0.3, 0.4) is 0 Å². The van der Waals surface area contributed by atoms with Crippen molar-refractivity contribution >= 4 is 5.91 Å². The molecule has 3 atom stereocenters. The molecule has 0 rings (SSSR count). The number of nitrogens with one attached hydrogen (secondary N) is 1. The van der Waals surface area contributed by atoms with Crippen LogP contribution in [0.1, 0.15) is 33.1 Å². The summed E-state index contributed by atoms with van der Waals surface area (Å²) in [5, 5.41) is 11.1. The molecule has 0 aromatic heterocycles. The van der Waals surface area contributed by atoms with Crippen LogP contribution in [0, 0.1) is 5.92 Å². The van der Waals surface area contributed by atoms with Crippen LogP contribution in [-0.4, -0.2) is 36.1 Å².